The standard InChI is InChI=1S/C24H25ClN6O.2C2HF3O2/c25-20-14-27-24-29-18-3-1-2-15(12-18)4-5-17-13-19(28-22(20)31-24)6-7-21(17)30-23(32)16-8-10-26-11-9-16;2*3-2(4,5)1(6)7/h1-3,6-7,12-14,16,26H,4-5,8-11H2,(H,30,32)(H2,27,28,29,31);2*(H,6,7). The Kier molecular flexibility index (Phi) is 12.1. The van der Waals surface area contributed by atoms with E-state index in [0.29, 0.717) is 16.8 Å². The van der Waals surface area contributed by atoms with Gasteiger partial charge < -0.3 is 31.5 Å². The fourth-order valence-electron chi connectivity index (χ4n) is 4.18. The molecule has 1 amide bonds. The minimum Gasteiger partial charge on any atom is -0.475 e. The van der Waals surface area contributed by atoms with E-state index in [9.17, 15) is 31.1 Å². The average molecular weight is 677 g/mol. The van der Waals surface area contributed by atoms with Gasteiger partial charge in [-0.25, -0.2) is 14.6 Å². The minimum absolute atomic E-state index is 0.0528. The van der Waals surface area contributed by atoms with Gasteiger partial charge in [0.2, 0.25) is 11.9 Å². The number of piperidine rings is 1. The Balaban J connectivity index is 0.000000345. The van der Waals surface area contributed by atoms with Crippen LogP contribution in [0, 0.1) is 5.92 Å². The molecule has 1 aromatic heterocycles. The van der Waals surface area contributed by atoms with Crippen molar-refractivity contribution in [3.63, 3.8) is 0 Å². The van der Waals surface area contributed by atoms with Crippen molar-refractivity contribution < 1.29 is 50.9 Å². The predicted octanol–water partition coefficient (Wildman–Crippen LogP) is 5.92. The number of nitrogens with one attached hydrogen (secondary N) is 4. The minimum atomic E-state index is -5.08. The Morgan fingerprint density at radius 2 is 1.48 bits per heavy atom. The lowest BCUT2D eigenvalue weighted by molar-refractivity contribution is -0.193. The van der Waals surface area contributed by atoms with Crippen LogP contribution in [0.2, 0.25) is 5.02 Å². The van der Waals surface area contributed by atoms with Crippen molar-refractivity contribution in [3.8, 4) is 0 Å². The molecule has 0 radical (unpaired) electrons. The molecule has 0 aliphatic carbocycles. The van der Waals surface area contributed by atoms with Gasteiger partial charge in [0.15, 0.2) is 5.82 Å². The zero-order valence-corrected chi connectivity index (χ0v) is 24.4. The number of hydrogen-bond acceptors (Lipinski definition) is 8. The molecule has 5 rings (SSSR count). The van der Waals surface area contributed by atoms with Gasteiger partial charge >= 0.3 is 24.3 Å². The summed E-state index contributed by atoms with van der Waals surface area (Å²) < 4.78 is 63.5. The van der Waals surface area contributed by atoms with Crippen LogP contribution in [0.25, 0.3) is 0 Å². The van der Waals surface area contributed by atoms with Gasteiger partial charge in [-0.3, -0.25) is 4.79 Å². The third kappa shape index (κ3) is 11.1. The van der Waals surface area contributed by atoms with Crippen LogP contribution in [-0.4, -0.2) is 63.5 Å². The largest absolute Gasteiger partial charge is 0.490 e. The molecule has 2 aliphatic rings. The zero-order chi connectivity index (χ0) is 34.1. The van der Waals surface area contributed by atoms with E-state index < -0.39 is 24.3 Å². The Labute approximate surface area is 262 Å². The number of anilines is 5. The van der Waals surface area contributed by atoms with E-state index in [2.05, 4.69) is 49.4 Å². The number of hydrogen-bond donors (Lipinski definition) is 6. The normalized spacial score (nSPS) is 14.5. The number of nitrogens with zero attached hydrogens (tertiary/aromatic N) is 2. The second-order valence-corrected chi connectivity index (χ2v) is 10.2. The van der Waals surface area contributed by atoms with Crippen molar-refractivity contribution in [3.05, 3.63) is 64.8 Å². The number of amides is 1. The number of alkyl halides is 6. The molecule has 0 spiro atoms. The topological polar surface area (TPSA) is 166 Å². The van der Waals surface area contributed by atoms with Gasteiger partial charge in [0.25, 0.3) is 0 Å². The molecular formula is C28H27ClF6N6O5. The summed E-state index contributed by atoms with van der Waals surface area (Å²) >= 11 is 6.34. The van der Waals surface area contributed by atoms with E-state index in [4.69, 9.17) is 31.4 Å². The predicted molar refractivity (Wildman–Crippen MR) is 156 cm³/mol. The molecule has 0 unspecified atom stereocenters. The summed E-state index contributed by atoms with van der Waals surface area (Å²) in [6.07, 6.45) is -5.21. The van der Waals surface area contributed by atoms with Crippen LogP contribution in [0.15, 0.2) is 48.7 Å². The number of rotatable bonds is 2. The van der Waals surface area contributed by atoms with Crippen molar-refractivity contribution in [2.45, 2.75) is 38.0 Å². The van der Waals surface area contributed by atoms with E-state index in [1.807, 2.05) is 24.3 Å². The number of carbonyl (C=O) groups excluding carboxylic acids is 1. The van der Waals surface area contributed by atoms with Crippen molar-refractivity contribution >= 4 is 58.3 Å². The second-order valence-electron chi connectivity index (χ2n) is 9.83. The lowest BCUT2D eigenvalue weighted by atomic mass is 9.96. The molecule has 3 aromatic rings. The van der Waals surface area contributed by atoms with E-state index in [0.717, 1.165) is 61.4 Å². The molecule has 248 valence electrons. The molecule has 46 heavy (non-hydrogen) atoms. The highest BCUT2D eigenvalue weighted by atomic mass is 35.5. The summed E-state index contributed by atoms with van der Waals surface area (Å²) in [6.45, 7) is 1.78. The van der Waals surface area contributed by atoms with Crippen LogP contribution in [0.1, 0.15) is 24.0 Å². The molecule has 0 saturated carbocycles. The summed E-state index contributed by atoms with van der Waals surface area (Å²) in [4.78, 5) is 39.5. The first-order chi connectivity index (χ1) is 21.5. The number of fused-ring (bicyclic) bond motifs is 6. The van der Waals surface area contributed by atoms with Crippen LogP contribution >= 0.6 is 11.6 Å². The van der Waals surface area contributed by atoms with E-state index in [-0.39, 0.29) is 11.8 Å². The van der Waals surface area contributed by atoms with Gasteiger partial charge in [0.05, 0.1) is 6.20 Å². The van der Waals surface area contributed by atoms with Crippen molar-refractivity contribution in [1.82, 2.24) is 15.3 Å². The van der Waals surface area contributed by atoms with E-state index in [1.54, 1.807) is 6.20 Å². The molecule has 0 atom stereocenters. The van der Waals surface area contributed by atoms with Gasteiger partial charge in [-0.05, 0) is 80.2 Å². The molecular weight excluding hydrogens is 650 g/mol. The highest BCUT2D eigenvalue weighted by molar-refractivity contribution is 6.32. The highest BCUT2D eigenvalue weighted by Crippen LogP contribution is 2.30. The second kappa shape index (κ2) is 15.6. The maximum atomic E-state index is 12.9. The summed E-state index contributed by atoms with van der Waals surface area (Å²) in [5.74, 6) is -4.37. The summed E-state index contributed by atoms with van der Waals surface area (Å²) in [7, 11) is 0. The molecule has 3 heterocycles. The van der Waals surface area contributed by atoms with Crippen LogP contribution in [0.3, 0.4) is 0 Å². The first-order valence-electron chi connectivity index (χ1n) is 13.4. The molecule has 1 saturated heterocycles. The SMILES string of the molecule is O=C(Nc1ccc2cc1CCc1cccc(c1)Nc1ncc(Cl)c(n1)N2)C1CCNCC1.O=C(O)C(F)(F)F.O=C(O)C(F)(F)F. The Morgan fingerprint density at radius 1 is 0.870 bits per heavy atom. The third-order valence-electron chi connectivity index (χ3n) is 6.43. The fraction of sp³-hybridized carbons (Fsp3) is 0.321. The Hall–Kier alpha value is -4.64. The molecule has 1 fully saturated rings. The Bertz CT molecular complexity index is 1530. The Morgan fingerprint density at radius 3 is 2.09 bits per heavy atom. The maximum Gasteiger partial charge on any atom is 0.490 e. The molecule has 6 bridgehead atoms. The van der Waals surface area contributed by atoms with Crippen LogP contribution < -0.4 is 21.3 Å². The van der Waals surface area contributed by atoms with Gasteiger partial charge in [-0.2, -0.15) is 31.3 Å². The number of carbonyl (C=O) groups is 3. The summed E-state index contributed by atoms with van der Waals surface area (Å²) in [5.41, 5.74) is 4.90. The molecule has 2 aliphatic heterocycles. The summed E-state index contributed by atoms with van der Waals surface area (Å²) in [5, 5.41) is 27.7. The molecule has 2 aromatic carbocycles. The molecule has 6 N–H and O–H groups in total. The van der Waals surface area contributed by atoms with E-state index >= 15 is 0 Å². The lowest BCUT2D eigenvalue weighted by Crippen LogP contribution is -2.34. The number of benzene rings is 2. The lowest BCUT2D eigenvalue weighted by Gasteiger charge is -2.23. The number of aromatic nitrogens is 2. The van der Waals surface area contributed by atoms with Gasteiger partial charge in [0, 0.05) is 23.0 Å². The van der Waals surface area contributed by atoms with Gasteiger partial charge in [-0.1, -0.05) is 23.7 Å². The highest BCUT2D eigenvalue weighted by Gasteiger charge is 2.38. The molecule has 11 nitrogen and oxygen atoms in total. The number of aliphatic carboxylic acids is 2. The van der Waals surface area contributed by atoms with Crippen molar-refractivity contribution in [2.75, 3.05) is 29.0 Å². The van der Waals surface area contributed by atoms with Crippen LogP contribution in [0.4, 0.5) is 55.2 Å². The average Bonchev–Trinajstić information content (AvgIpc) is 2.99. The number of aryl methyl sites for hydroxylation is 2. The van der Waals surface area contributed by atoms with Crippen LogP contribution in [0.5, 0.6) is 0 Å². The zero-order valence-electron chi connectivity index (χ0n) is 23.6. The summed E-state index contributed by atoms with van der Waals surface area (Å²) in [6, 6.07) is 14.2. The van der Waals surface area contributed by atoms with Gasteiger partial charge in [0.1, 0.15) is 5.02 Å². The number of halogens is 7. The third-order valence-corrected chi connectivity index (χ3v) is 6.71. The first-order valence-corrected chi connectivity index (χ1v) is 13.8. The smallest absolute Gasteiger partial charge is 0.475 e. The quantitative estimate of drug-likeness (QED) is 0.180. The monoisotopic (exact) mass is 676 g/mol. The van der Waals surface area contributed by atoms with Crippen molar-refractivity contribution in [1.29, 1.82) is 0 Å². The first kappa shape index (κ1) is 35.8. The maximum absolute atomic E-state index is 12.9. The number of carboxylic acids is 2. The number of carboxylic acid groups (broad SMARTS) is 2. The van der Waals surface area contributed by atoms with Gasteiger partial charge in [-0.15, -0.1) is 0 Å². The van der Waals surface area contributed by atoms with E-state index in [1.165, 1.54) is 5.56 Å². The fourth-order valence-corrected chi connectivity index (χ4v) is 4.32. The molecule has 18 heteroatoms. The van der Waals surface area contributed by atoms with Crippen LogP contribution in [-0.2, 0) is 27.2 Å². The van der Waals surface area contributed by atoms with Crippen molar-refractivity contribution in [2.24, 2.45) is 5.92 Å².